The first-order chi connectivity index (χ1) is 17.3. The van der Waals surface area contributed by atoms with Crippen molar-refractivity contribution in [2.75, 3.05) is 23.3 Å². The first-order valence-corrected chi connectivity index (χ1v) is 12.7. The highest BCUT2D eigenvalue weighted by Gasteiger charge is 2.35. The van der Waals surface area contributed by atoms with Crippen molar-refractivity contribution in [2.45, 2.75) is 70.8 Å². The van der Waals surface area contributed by atoms with Gasteiger partial charge in [0.2, 0.25) is 5.91 Å². The van der Waals surface area contributed by atoms with Crippen LogP contribution in [0.4, 0.5) is 29.3 Å². The molecule has 0 bridgehead atoms. The summed E-state index contributed by atoms with van der Waals surface area (Å²) in [5.41, 5.74) is 1.45. The number of rotatable bonds is 3. The predicted octanol–water partition coefficient (Wildman–Crippen LogP) is 6.65. The molecule has 1 fully saturated rings. The normalized spacial score (nSPS) is 18.3. The standard InChI is InChI=1S/C27H31ClF3N3O3/c1-26(2,3)37-25(36)34-12-5-4-6-23(34)24(35)32-20-9-10-22(21(28)15-20)33-13-11-17-14-19(27(29,30)31)8-7-18(17)16-33/h7-10,14-15,23H,4-6,11-13,16H2,1-3H3,(H,32,35)/t23-/m1/s1. The molecular formula is C27H31ClF3N3O3. The van der Waals surface area contributed by atoms with Crippen LogP contribution in [0.15, 0.2) is 36.4 Å². The molecule has 4 rings (SSSR count). The van der Waals surface area contributed by atoms with E-state index in [0.29, 0.717) is 48.7 Å². The minimum Gasteiger partial charge on any atom is -0.444 e. The largest absolute Gasteiger partial charge is 0.444 e. The van der Waals surface area contributed by atoms with Gasteiger partial charge in [0.05, 0.1) is 16.3 Å². The minimum atomic E-state index is -4.36. The van der Waals surface area contributed by atoms with Crippen LogP contribution in [-0.2, 0) is 28.7 Å². The Hall–Kier alpha value is -2.94. The fraction of sp³-hybridized carbons (Fsp3) is 0.481. The van der Waals surface area contributed by atoms with Crippen molar-refractivity contribution in [1.82, 2.24) is 4.90 Å². The predicted molar refractivity (Wildman–Crippen MR) is 137 cm³/mol. The summed E-state index contributed by atoms with van der Waals surface area (Å²) in [5, 5.41) is 3.29. The first kappa shape index (κ1) is 27.1. The molecule has 2 amide bonds. The third kappa shape index (κ3) is 6.50. The van der Waals surface area contributed by atoms with Crippen LogP contribution < -0.4 is 10.2 Å². The number of carbonyl (C=O) groups excluding carboxylic acids is 2. The lowest BCUT2D eigenvalue weighted by Crippen LogP contribution is -2.51. The van der Waals surface area contributed by atoms with E-state index in [1.807, 2.05) is 4.90 Å². The highest BCUT2D eigenvalue weighted by Crippen LogP contribution is 2.35. The van der Waals surface area contributed by atoms with Gasteiger partial charge in [0.25, 0.3) is 0 Å². The number of alkyl halides is 3. The quantitative estimate of drug-likeness (QED) is 0.476. The molecule has 37 heavy (non-hydrogen) atoms. The van der Waals surface area contributed by atoms with Crippen LogP contribution in [-0.4, -0.2) is 41.6 Å². The highest BCUT2D eigenvalue weighted by molar-refractivity contribution is 6.33. The monoisotopic (exact) mass is 537 g/mol. The fourth-order valence-electron chi connectivity index (χ4n) is 4.74. The summed E-state index contributed by atoms with van der Waals surface area (Å²) < 4.78 is 44.6. The molecular weight excluding hydrogens is 507 g/mol. The Kier molecular flexibility index (Phi) is 7.65. The van der Waals surface area contributed by atoms with Gasteiger partial charge in [-0.1, -0.05) is 17.7 Å². The van der Waals surface area contributed by atoms with Crippen molar-refractivity contribution < 1.29 is 27.5 Å². The molecule has 1 saturated heterocycles. The minimum absolute atomic E-state index is 0.304. The fourth-order valence-corrected chi connectivity index (χ4v) is 5.04. The van der Waals surface area contributed by atoms with Gasteiger partial charge >= 0.3 is 12.3 Å². The molecule has 2 aromatic carbocycles. The lowest BCUT2D eigenvalue weighted by Gasteiger charge is -2.35. The highest BCUT2D eigenvalue weighted by atomic mass is 35.5. The third-order valence-corrected chi connectivity index (χ3v) is 6.84. The van der Waals surface area contributed by atoms with Crippen molar-refractivity contribution in [2.24, 2.45) is 0 Å². The van der Waals surface area contributed by atoms with Crippen LogP contribution in [0.25, 0.3) is 0 Å². The Morgan fingerprint density at radius 2 is 1.78 bits per heavy atom. The van der Waals surface area contributed by atoms with Crippen LogP contribution in [0.1, 0.15) is 56.7 Å². The molecule has 6 nitrogen and oxygen atoms in total. The van der Waals surface area contributed by atoms with Gasteiger partial charge in [0, 0.05) is 25.3 Å². The SMILES string of the molecule is CC(C)(C)OC(=O)N1CCCC[C@@H]1C(=O)Nc1ccc(N2CCc3cc(C(F)(F)F)ccc3C2)c(Cl)c1. The van der Waals surface area contributed by atoms with E-state index in [4.69, 9.17) is 16.3 Å². The Bertz CT molecular complexity index is 1180. The third-order valence-electron chi connectivity index (χ3n) is 6.54. The van der Waals surface area contributed by atoms with Gasteiger partial charge in [0.15, 0.2) is 0 Å². The van der Waals surface area contributed by atoms with Crippen molar-refractivity contribution in [1.29, 1.82) is 0 Å². The summed E-state index contributed by atoms with van der Waals surface area (Å²) in [4.78, 5) is 29.2. The molecule has 2 heterocycles. The number of nitrogens with zero attached hydrogens (tertiary/aromatic N) is 2. The summed E-state index contributed by atoms with van der Waals surface area (Å²) in [6.45, 7) is 6.77. The molecule has 0 radical (unpaired) electrons. The molecule has 10 heteroatoms. The van der Waals surface area contributed by atoms with Gasteiger partial charge < -0.3 is 15.0 Å². The number of anilines is 2. The molecule has 0 saturated carbocycles. The molecule has 0 aromatic heterocycles. The molecule has 2 aliphatic rings. The Labute approximate surface area is 219 Å². The maximum absolute atomic E-state index is 13.1. The topological polar surface area (TPSA) is 61.9 Å². The second kappa shape index (κ2) is 10.4. The van der Waals surface area contributed by atoms with Crippen molar-refractivity contribution in [3.8, 4) is 0 Å². The van der Waals surface area contributed by atoms with E-state index in [1.165, 1.54) is 17.0 Å². The Morgan fingerprint density at radius 3 is 2.46 bits per heavy atom. The maximum Gasteiger partial charge on any atom is 0.416 e. The maximum atomic E-state index is 13.1. The lowest BCUT2D eigenvalue weighted by molar-refractivity contribution is -0.137. The number of fused-ring (bicyclic) bond motifs is 1. The molecule has 1 N–H and O–H groups in total. The second-order valence-electron chi connectivity index (χ2n) is 10.5. The van der Waals surface area contributed by atoms with Gasteiger partial charge in [-0.2, -0.15) is 13.2 Å². The Balaban J connectivity index is 1.44. The number of likely N-dealkylation sites (tertiary alicyclic amines) is 1. The number of piperidine rings is 1. The number of hydrogen-bond donors (Lipinski definition) is 1. The van der Waals surface area contributed by atoms with Gasteiger partial charge in [-0.05, 0) is 87.9 Å². The van der Waals surface area contributed by atoms with E-state index in [1.54, 1.807) is 39.0 Å². The molecule has 200 valence electrons. The summed E-state index contributed by atoms with van der Waals surface area (Å²) in [5.74, 6) is -0.304. The van der Waals surface area contributed by atoms with E-state index in [-0.39, 0.29) is 5.91 Å². The number of amides is 2. The van der Waals surface area contributed by atoms with E-state index in [0.717, 1.165) is 30.2 Å². The zero-order valence-corrected chi connectivity index (χ0v) is 21.9. The van der Waals surface area contributed by atoms with Gasteiger partial charge in [-0.3, -0.25) is 9.69 Å². The van der Waals surface area contributed by atoms with Crippen molar-refractivity contribution >= 4 is 35.0 Å². The van der Waals surface area contributed by atoms with Crippen LogP contribution in [0.3, 0.4) is 0 Å². The number of ether oxygens (including phenoxy) is 1. The van der Waals surface area contributed by atoms with E-state index in [2.05, 4.69) is 5.32 Å². The second-order valence-corrected chi connectivity index (χ2v) is 10.9. The number of benzene rings is 2. The van der Waals surface area contributed by atoms with Crippen LogP contribution >= 0.6 is 11.6 Å². The molecule has 0 aliphatic carbocycles. The van der Waals surface area contributed by atoms with Crippen LogP contribution in [0.2, 0.25) is 5.02 Å². The summed E-state index contributed by atoms with van der Waals surface area (Å²) in [6, 6.07) is 8.39. The van der Waals surface area contributed by atoms with Gasteiger partial charge in [-0.15, -0.1) is 0 Å². The molecule has 0 unspecified atom stereocenters. The van der Waals surface area contributed by atoms with E-state index >= 15 is 0 Å². The van der Waals surface area contributed by atoms with E-state index in [9.17, 15) is 22.8 Å². The van der Waals surface area contributed by atoms with Crippen molar-refractivity contribution in [3.05, 3.63) is 58.1 Å². The zero-order chi connectivity index (χ0) is 27.0. The number of nitrogens with one attached hydrogen (secondary N) is 1. The van der Waals surface area contributed by atoms with Crippen LogP contribution in [0, 0.1) is 0 Å². The van der Waals surface area contributed by atoms with E-state index < -0.39 is 29.5 Å². The van der Waals surface area contributed by atoms with Crippen LogP contribution in [0.5, 0.6) is 0 Å². The molecule has 2 aliphatic heterocycles. The van der Waals surface area contributed by atoms with Crippen molar-refractivity contribution in [3.63, 3.8) is 0 Å². The number of hydrogen-bond acceptors (Lipinski definition) is 4. The zero-order valence-electron chi connectivity index (χ0n) is 21.1. The summed E-state index contributed by atoms with van der Waals surface area (Å²) in [7, 11) is 0. The molecule has 0 spiro atoms. The van der Waals surface area contributed by atoms with Gasteiger partial charge in [-0.25, -0.2) is 4.79 Å². The lowest BCUT2D eigenvalue weighted by atomic mass is 9.96. The Morgan fingerprint density at radius 1 is 1.03 bits per heavy atom. The molecule has 2 aromatic rings. The average Bonchev–Trinajstić information content (AvgIpc) is 2.82. The van der Waals surface area contributed by atoms with Gasteiger partial charge in [0.1, 0.15) is 11.6 Å². The smallest absolute Gasteiger partial charge is 0.416 e. The summed E-state index contributed by atoms with van der Waals surface area (Å²) >= 11 is 6.57. The first-order valence-electron chi connectivity index (χ1n) is 12.4. The summed E-state index contributed by atoms with van der Waals surface area (Å²) in [6.07, 6.45) is -2.22. The number of halogens is 4. The average molecular weight is 538 g/mol. The molecule has 1 atom stereocenters. The number of carbonyl (C=O) groups is 2.